The first-order chi connectivity index (χ1) is 12.5. The summed E-state index contributed by atoms with van der Waals surface area (Å²) in [5, 5.41) is 18.7. The van der Waals surface area contributed by atoms with E-state index in [0.717, 1.165) is 25.3 Å². The third-order valence-corrected chi connectivity index (χ3v) is 4.60. The number of anilines is 1. The van der Waals surface area contributed by atoms with Crippen molar-refractivity contribution in [3.8, 4) is 0 Å². The Kier molecular flexibility index (Phi) is 5.67. The maximum absolute atomic E-state index is 12.3. The van der Waals surface area contributed by atoms with Crippen LogP contribution in [0.4, 0.5) is 5.82 Å². The number of hydrogen-bond acceptors (Lipinski definition) is 7. The van der Waals surface area contributed by atoms with E-state index in [0.29, 0.717) is 24.3 Å². The Bertz CT molecular complexity index is 762. The van der Waals surface area contributed by atoms with Gasteiger partial charge in [-0.05, 0) is 6.42 Å². The molecular formula is C17H26N6O3. The lowest BCUT2D eigenvalue weighted by molar-refractivity contribution is -0.134. The van der Waals surface area contributed by atoms with Gasteiger partial charge in [-0.3, -0.25) is 4.79 Å². The lowest BCUT2D eigenvalue weighted by atomic mass is 10.2. The normalized spacial score (nSPS) is 17.0. The first kappa shape index (κ1) is 18.5. The van der Waals surface area contributed by atoms with Crippen molar-refractivity contribution in [1.82, 2.24) is 24.4 Å². The molecule has 0 radical (unpaired) electrons. The van der Waals surface area contributed by atoms with Crippen LogP contribution in [0.3, 0.4) is 0 Å². The molecular weight excluding hydrogens is 336 g/mol. The average Bonchev–Trinajstić information content (AvgIpc) is 2.89. The Morgan fingerprint density at radius 2 is 2.00 bits per heavy atom. The quantitative estimate of drug-likeness (QED) is 0.763. The number of hydrogen-bond donors (Lipinski definition) is 2. The molecule has 142 valence electrons. The zero-order chi connectivity index (χ0) is 18.7. The van der Waals surface area contributed by atoms with Crippen LogP contribution in [0.5, 0.6) is 0 Å². The third kappa shape index (κ3) is 3.78. The van der Waals surface area contributed by atoms with E-state index in [-0.39, 0.29) is 25.0 Å². The summed E-state index contributed by atoms with van der Waals surface area (Å²) in [6, 6.07) is 0. The molecule has 0 aromatic carbocycles. The average molecular weight is 362 g/mol. The molecule has 9 nitrogen and oxygen atoms in total. The van der Waals surface area contributed by atoms with Gasteiger partial charge < -0.3 is 24.6 Å². The van der Waals surface area contributed by atoms with Crippen molar-refractivity contribution in [3.63, 3.8) is 0 Å². The molecule has 3 heterocycles. The molecule has 1 unspecified atom stereocenters. The van der Waals surface area contributed by atoms with Gasteiger partial charge >= 0.3 is 0 Å². The van der Waals surface area contributed by atoms with Crippen molar-refractivity contribution in [3.05, 3.63) is 12.7 Å². The molecule has 0 saturated carbocycles. The monoisotopic (exact) mass is 362 g/mol. The van der Waals surface area contributed by atoms with Gasteiger partial charge in [0.25, 0.3) is 0 Å². The zero-order valence-electron chi connectivity index (χ0n) is 15.2. The number of imidazole rings is 1. The number of aromatic nitrogens is 4. The lowest BCUT2D eigenvalue weighted by Crippen LogP contribution is -2.37. The third-order valence-electron chi connectivity index (χ3n) is 4.60. The van der Waals surface area contributed by atoms with Crippen LogP contribution < -0.4 is 4.90 Å². The van der Waals surface area contributed by atoms with Crippen LogP contribution in [0, 0.1) is 5.92 Å². The van der Waals surface area contributed by atoms with Crippen LogP contribution in [-0.4, -0.2) is 79.4 Å². The SMILES string of the molecule is CC(C)C(=O)N1CCCN(c2ncnc3c2ncn3CC(O)CO)CC1. The first-order valence-electron chi connectivity index (χ1n) is 8.99. The summed E-state index contributed by atoms with van der Waals surface area (Å²) in [6.07, 6.45) is 3.10. The predicted molar refractivity (Wildman–Crippen MR) is 96.7 cm³/mol. The maximum atomic E-state index is 12.3. The Morgan fingerprint density at radius 3 is 2.73 bits per heavy atom. The van der Waals surface area contributed by atoms with Crippen molar-refractivity contribution in [2.75, 3.05) is 37.7 Å². The van der Waals surface area contributed by atoms with Crippen LogP contribution in [0.2, 0.25) is 0 Å². The Hall–Kier alpha value is -2.26. The van der Waals surface area contributed by atoms with Crippen LogP contribution >= 0.6 is 0 Å². The summed E-state index contributed by atoms with van der Waals surface area (Å²) >= 11 is 0. The molecule has 2 N–H and O–H groups in total. The highest BCUT2D eigenvalue weighted by Gasteiger charge is 2.23. The maximum Gasteiger partial charge on any atom is 0.225 e. The van der Waals surface area contributed by atoms with E-state index < -0.39 is 6.10 Å². The summed E-state index contributed by atoms with van der Waals surface area (Å²) in [6.45, 7) is 6.64. The summed E-state index contributed by atoms with van der Waals surface area (Å²) in [4.78, 5) is 29.4. The lowest BCUT2D eigenvalue weighted by Gasteiger charge is -2.24. The van der Waals surface area contributed by atoms with Crippen molar-refractivity contribution >= 4 is 22.9 Å². The van der Waals surface area contributed by atoms with Gasteiger partial charge in [0.05, 0.1) is 25.6 Å². The van der Waals surface area contributed by atoms with E-state index >= 15 is 0 Å². The summed E-state index contributed by atoms with van der Waals surface area (Å²) in [5.74, 6) is 0.925. The van der Waals surface area contributed by atoms with Gasteiger partial charge in [0.2, 0.25) is 5.91 Å². The number of rotatable bonds is 5. The van der Waals surface area contributed by atoms with E-state index in [4.69, 9.17) is 5.11 Å². The van der Waals surface area contributed by atoms with Crippen LogP contribution in [-0.2, 0) is 11.3 Å². The molecule has 2 aromatic heterocycles. The summed E-state index contributed by atoms with van der Waals surface area (Å²) < 4.78 is 1.72. The second kappa shape index (κ2) is 7.96. The molecule has 0 spiro atoms. The molecule has 1 saturated heterocycles. The minimum atomic E-state index is -0.861. The van der Waals surface area contributed by atoms with Crippen molar-refractivity contribution in [2.24, 2.45) is 5.92 Å². The molecule has 1 atom stereocenters. The van der Waals surface area contributed by atoms with E-state index in [2.05, 4.69) is 19.9 Å². The number of carbonyl (C=O) groups is 1. The molecule has 2 aromatic rings. The van der Waals surface area contributed by atoms with Crippen LogP contribution in [0.25, 0.3) is 11.2 Å². The second-order valence-corrected chi connectivity index (χ2v) is 6.92. The Balaban J connectivity index is 1.81. The topological polar surface area (TPSA) is 108 Å². The van der Waals surface area contributed by atoms with Crippen LogP contribution in [0.1, 0.15) is 20.3 Å². The molecule has 3 rings (SSSR count). The summed E-state index contributed by atoms with van der Waals surface area (Å²) in [7, 11) is 0. The number of aliphatic hydroxyl groups is 2. The van der Waals surface area contributed by atoms with E-state index in [1.165, 1.54) is 6.33 Å². The smallest absolute Gasteiger partial charge is 0.225 e. The molecule has 1 aliphatic heterocycles. The van der Waals surface area contributed by atoms with Crippen molar-refractivity contribution in [2.45, 2.75) is 32.9 Å². The minimum absolute atomic E-state index is 0.000887. The molecule has 0 bridgehead atoms. The molecule has 9 heteroatoms. The number of fused-ring (bicyclic) bond motifs is 1. The van der Waals surface area contributed by atoms with Gasteiger partial charge in [0.1, 0.15) is 6.33 Å². The van der Waals surface area contributed by atoms with Gasteiger partial charge in [0.15, 0.2) is 17.0 Å². The largest absolute Gasteiger partial charge is 0.394 e. The molecule has 1 fully saturated rings. The Morgan fingerprint density at radius 1 is 1.19 bits per heavy atom. The number of aliphatic hydroxyl groups excluding tert-OH is 2. The minimum Gasteiger partial charge on any atom is -0.394 e. The molecule has 0 aliphatic carbocycles. The fourth-order valence-corrected chi connectivity index (χ4v) is 3.23. The van der Waals surface area contributed by atoms with Crippen molar-refractivity contribution in [1.29, 1.82) is 0 Å². The van der Waals surface area contributed by atoms with Gasteiger partial charge in [-0.1, -0.05) is 13.8 Å². The molecule has 1 amide bonds. The van der Waals surface area contributed by atoms with Crippen molar-refractivity contribution < 1.29 is 15.0 Å². The fourth-order valence-electron chi connectivity index (χ4n) is 3.23. The second-order valence-electron chi connectivity index (χ2n) is 6.92. The number of amides is 1. The fraction of sp³-hybridized carbons (Fsp3) is 0.647. The highest BCUT2D eigenvalue weighted by atomic mass is 16.3. The van der Waals surface area contributed by atoms with Gasteiger partial charge in [-0.25, -0.2) is 15.0 Å². The molecule has 26 heavy (non-hydrogen) atoms. The standard InChI is InChI=1S/C17H26N6O3/c1-12(2)17(26)22-5-3-4-21(6-7-22)15-14-16(19-10-18-15)23(11-20-14)8-13(25)9-24/h10-13,24-25H,3-9H2,1-2H3. The van der Waals surface area contributed by atoms with E-state index in [1.54, 1.807) is 10.9 Å². The van der Waals surface area contributed by atoms with Gasteiger partial charge in [-0.2, -0.15) is 0 Å². The predicted octanol–water partition coefficient (Wildman–Crippen LogP) is -0.126. The van der Waals surface area contributed by atoms with Gasteiger partial charge in [-0.15, -0.1) is 0 Å². The highest BCUT2D eigenvalue weighted by molar-refractivity contribution is 5.83. The molecule has 1 aliphatic rings. The van der Waals surface area contributed by atoms with Gasteiger partial charge in [0, 0.05) is 32.1 Å². The van der Waals surface area contributed by atoms with Crippen LogP contribution in [0.15, 0.2) is 12.7 Å². The highest BCUT2D eigenvalue weighted by Crippen LogP contribution is 2.23. The Labute approximate surface area is 152 Å². The first-order valence-corrected chi connectivity index (χ1v) is 8.99. The van der Waals surface area contributed by atoms with E-state index in [1.807, 2.05) is 18.7 Å². The van der Waals surface area contributed by atoms with E-state index in [9.17, 15) is 9.90 Å². The zero-order valence-corrected chi connectivity index (χ0v) is 15.2. The number of carbonyl (C=O) groups excluding carboxylic acids is 1. The summed E-state index contributed by atoms with van der Waals surface area (Å²) in [5.41, 5.74) is 1.29. The number of nitrogens with zero attached hydrogens (tertiary/aromatic N) is 6.